The highest BCUT2D eigenvalue weighted by Crippen LogP contribution is 2.76. The molecule has 366 valence electrons. The number of carboxylic acids is 1. The molecule has 7 fully saturated rings. The molecule has 0 aromatic carbocycles. The van der Waals surface area contributed by atoms with Crippen molar-refractivity contribution >= 4 is 5.97 Å². The monoisotopic (exact) mass is 914 g/mol. The van der Waals surface area contributed by atoms with E-state index in [1.165, 1.54) is 0 Å². The summed E-state index contributed by atoms with van der Waals surface area (Å²) in [5.41, 5.74) is -2.76. The van der Waals surface area contributed by atoms with Crippen molar-refractivity contribution in [3.8, 4) is 0 Å². The van der Waals surface area contributed by atoms with Gasteiger partial charge in [0, 0.05) is 5.41 Å². The lowest BCUT2D eigenvalue weighted by molar-refractivity contribution is -0.357. The molecule has 5 aliphatic carbocycles. The summed E-state index contributed by atoms with van der Waals surface area (Å²) in [6.45, 7) is 14.0. The lowest BCUT2D eigenvalue weighted by Gasteiger charge is -2.72. The van der Waals surface area contributed by atoms with Crippen LogP contribution in [0, 0.1) is 50.2 Å². The Balaban J connectivity index is 0.982. The van der Waals surface area contributed by atoms with E-state index >= 15 is 0 Å². The van der Waals surface area contributed by atoms with Gasteiger partial charge in [0.15, 0.2) is 18.9 Å². The summed E-state index contributed by atoms with van der Waals surface area (Å²) < 4.78 is 35.3. The molecule has 18 nitrogen and oxygen atoms in total. The van der Waals surface area contributed by atoms with Crippen LogP contribution in [0.4, 0.5) is 0 Å². The number of fused-ring (bicyclic) bond motifs is 7. The molecule has 0 aromatic rings. The van der Waals surface area contributed by atoms with Gasteiger partial charge < -0.3 is 84.6 Å². The van der Waals surface area contributed by atoms with Crippen molar-refractivity contribution in [2.75, 3.05) is 19.8 Å². The van der Waals surface area contributed by atoms with Gasteiger partial charge in [-0.15, -0.1) is 0 Å². The molecule has 11 N–H and O–H groups in total. The summed E-state index contributed by atoms with van der Waals surface area (Å²) in [4.78, 5) is 13.2. The number of aliphatic hydroxyl groups excluding tert-OH is 10. The average Bonchev–Trinajstić information content (AvgIpc) is 3.23. The number of hydrogen-bond acceptors (Lipinski definition) is 17. The fourth-order valence-corrected chi connectivity index (χ4v) is 14.6. The molecule has 0 amide bonds. The van der Waals surface area contributed by atoms with E-state index in [0.717, 1.165) is 12.0 Å². The largest absolute Gasteiger partial charge is 0.481 e. The van der Waals surface area contributed by atoms with E-state index < -0.39 is 138 Å². The lowest BCUT2D eigenvalue weighted by Crippen LogP contribution is -2.72. The molecule has 8 rings (SSSR count). The van der Waals surface area contributed by atoms with Crippen LogP contribution in [0.3, 0.4) is 0 Å². The van der Waals surface area contributed by atoms with Gasteiger partial charge in [-0.05, 0) is 90.8 Å². The van der Waals surface area contributed by atoms with E-state index in [2.05, 4.69) is 54.5 Å². The van der Waals surface area contributed by atoms with Crippen molar-refractivity contribution in [3.63, 3.8) is 0 Å². The van der Waals surface area contributed by atoms with Gasteiger partial charge in [-0.3, -0.25) is 4.79 Å². The minimum Gasteiger partial charge on any atom is -0.481 e. The van der Waals surface area contributed by atoms with Crippen molar-refractivity contribution in [3.05, 3.63) is 11.6 Å². The zero-order valence-electron chi connectivity index (χ0n) is 38.1. The third-order valence-corrected chi connectivity index (χ3v) is 18.7. The molecule has 3 unspecified atom stereocenters. The van der Waals surface area contributed by atoms with Crippen LogP contribution < -0.4 is 0 Å². The molecule has 23 atom stereocenters. The van der Waals surface area contributed by atoms with Crippen molar-refractivity contribution in [1.29, 1.82) is 0 Å². The molecule has 18 heteroatoms. The molecule has 4 saturated carbocycles. The highest BCUT2D eigenvalue weighted by molar-refractivity contribution is 5.78. The second kappa shape index (κ2) is 16.9. The number of aliphatic hydroxyl groups is 10. The number of aliphatic carboxylic acids is 1. The van der Waals surface area contributed by atoms with Crippen molar-refractivity contribution in [2.45, 2.75) is 198 Å². The smallest absolute Gasteiger partial charge is 0.313 e. The van der Waals surface area contributed by atoms with Gasteiger partial charge in [0.1, 0.15) is 66.5 Å². The van der Waals surface area contributed by atoms with E-state index in [0.29, 0.717) is 44.9 Å². The Hall–Kier alpha value is -1.43. The van der Waals surface area contributed by atoms with E-state index in [9.17, 15) is 61.0 Å². The van der Waals surface area contributed by atoms with E-state index in [1.807, 2.05) is 0 Å². The van der Waals surface area contributed by atoms with Crippen LogP contribution >= 0.6 is 0 Å². The fourth-order valence-electron chi connectivity index (χ4n) is 14.6. The Morgan fingerprint density at radius 3 is 2.00 bits per heavy atom. The maximum absolute atomic E-state index is 13.2. The number of carboxylic acid groups (broad SMARTS) is 1. The number of ether oxygens (including phenoxy) is 6. The molecule has 3 aliphatic heterocycles. The molecular formula is C46H74O18. The summed E-state index contributed by atoms with van der Waals surface area (Å²) in [6.07, 6.45) is -15.8. The average molecular weight is 915 g/mol. The van der Waals surface area contributed by atoms with E-state index in [4.69, 9.17) is 28.4 Å². The first-order valence-electron chi connectivity index (χ1n) is 23.3. The number of hydrogen-bond donors (Lipinski definition) is 11. The number of rotatable bonds is 8. The normalized spacial score (nSPS) is 54.6. The maximum atomic E-state index is 13.2. The van der Waals surface area contributed by atoms with Crippen molar-refractivity contribution in [2.24, 2.45) is 50.2 Å². The van der Waals surface area contributed by atoms with Crippen molar-refractivity contribution in [1.82, 2.24) is 0 Å². The Bertz CT molecular complexity index is 1760. The summed E-state index contributed by atoms with van der Waals surface area (Å²) in [7, 11) is 0. The van der Waals surface area contributed by atoms with Gasteiger partial charge in [-0.1, -0.05) is 60.1 Å². The molecular weight excluding hydrogens is 840 g/mol. The predicted molar refractivity (Wildman–Crippen MR) is 221 cm³/mol. The molecule has 0 spiro atoms. The summed E-state index contributed by atoms with van der Waals surface area (Å²) >= 11 is 0. The van der Waals surface area contributed by atoms with Crippen molar-refractivity contribution < 1.29 is 89.4 Å². The van der Waals surface area contributed by atoms with Gasteiger partial charge >= 0.3 is 5.97 Å². The summed E-state index contributed by atoms with van der Waals surface area (Å²) in [6, 6.07) is 0. The molecule has 64 heavy (non-hydrogen) atoms. The summed E-state index contributed by atoms with van der Waals surface area (Å²) in [5, 5.41) is 120. The van der Waals surface area contributed by atoms with Gasteiger partial charge in [0.05, 0.1) is 38.1 Å². The van der Waals surface area contributed by atoms with Crippen LogP contribution in [0.2, 0.25) is 0 Å². The van der Waals surface area contributed by atoms with E-state index in [1.54, 1.807) is 0 Å². The van der Waals surface area contributed by atoms with Crippen LogP contribution in [0.15, 0.2) is 11.6 Å². The predicted octanol–water partition coefficient (Wildman–Crippen LogP) is -0.0740. The van der Waals surface area contributed by atoms with Gasteiger partial charge in [-0.25, -0.2) is 0 Å². The first-order chi connectivity index (χ1) is 29.8. The Kier molecular flexibility index (Phi) is 13.0. The highest BCUT2D eigenvalue weighted by atomic mass is 16.8. The van der Waals surface area contributed by atoms with Crippen LogP contribution in [-0.2, 0) is 33.2 Å². The quantitative estimate of drug-likeness (QED) is 0.112. The first kappa shape index (κ1) is 49.0. The SMILES string of the molecule is CC1(C)CC[C@@]2(C(=O)O)C(C1)C1=CCC3[C@@]4(C)CC[C@H](O[C@@H]5O[C@H](CO[C@@H]6OC[C@H](O)[C@H](O)[C@H]6O[C@@H]6OC[C@@H](O)[C@H](O)[C@H]6O)[C@@H](O)[C@H](O)[C@H]5O)C(C)(C)C4CC[C@@]3(C)[C@]1(C)[C@@H](O)[C@H]2O. The van der Waals surface area contributed by atoms with Crippen LogP contribution in [0.1, 0.15) is 99.8 Å². The van der Waals surface area contributed by atoms with Gasteiger partial charge in [-0.2, -0.15) is 0 Å². The third kappa shape index (κ3) is 7.30. The molecule has 0 bridgehead atoms. The second-order valence-corrected chi connectivity index (χ2v) is 22.8. The molecule has 3 heterocycles. The molecule has 0 aromatic heterocycles. The first-order valence-corrected chi connectivity index (χ1v) is 23.3. The zero-order valence-corrected chi connectivity index (χ0v) is 38.1. The molecule has 3 saturated heterocycles. The van der Waals surface area contributed by atoms with Crippen LogP contribution in [0.25, 0.3) is 0 Å². The van der Waals surface area contributed by atoms with Gasteiger partial charge in [0.25, 0.3) is 0 Å². The minimum atomic E-state index is -1.71. The highest BCUT2D eigenvalue weighted by Gasteiger charge is 2.74. The van der Waals surface area contributed by atoms with E-state index in [-0.39, 0.29) is 35.9 Å². The summed E-state index contributed by atoms with van der Waals surface area (Å²) in [5.74, 6) is -1.31. The minimum absolute atomic E-state index is 0.0672. The second-order valence-electron chi connectivity index (χ2n) is 22.8. The fraction of sp³-hybridized carbons (Fsp3) is 0.935. The van der Waals surface area contributed by atoms with Crippen LogP contribution in [0.5, 0.6) is 0 Å². The third-order valence-electron chi connectivity index (χ3n) is 18.7. The Morgan fingerprint density at radius 1 is 0.688 bits per heavy atom. The van der Waals surface area contributed by atoms with Crippen LogP contribution in [-0.4, -0.2) is 180 Å². The number of allylic oxidation sites excluding steroid dienone is 1. The van der Waals surface area contributed by atoms with Gasteiger partial charge in [0.2, 0.25) is 0 Å². The molecule has 8 aliphatic rings. The topological polar surface area (TPSA) is 295 Å². The Morgan fingerprint density at radius 2 is 1.33 bits per heavy atom. The molecule has 0 radical (unpaired) electrons. The number of carbonyl (C=O) groups is 1. The maximum Gasteiger partial charge on any atom is 0.313 e. The standard InChI is InChI=1S/C46H74O18/c1-41(2)14-15-46(40(57)58)21(16-41)20-8-9-26-43(5)12-11-27(42(3,4)25(43)10-13-44(26,6)45(20,7)35(55)36(46)56)63-38-33(54)31(52)30(51)24(62-38)19-61-39-34(29(50)23(48)18-60-39)64-37-32(53)28(49)22(47)17-59-37/h8,21-39,47-56H,9-19H2,1-7H3,(H,57,58)/t21?,22-,23+,24-,25?,26?,27+,28+,29+,30-,31+,32-,33-,34-,35+,36-,37+,38+,39+,43+,44-,45+,46-/m1/s1. The zero-order chi connectivity index (χ0) is 46.9. The lowest BCUT2D eigenvalue weighted by atomic mass is 9.32. The Labute approximate surface area is 374 Å².